The lowest BCUT2D eigenvalue weighted by Gasteiger charge is -2.33. The van der Waals surface area contributed by atoms with Crippen molar-refractivity contribution in [1.29, 1.82) is 0 Å². The van der Waals surface area contributed by atoms with Crippen LogP contribution >= 0.6 is 0 Å². The molecule has 0 aliphatic carbocycles. The highest BCUT2D eigenvalue weighted by molar-refractivity contribution is 5.62. The predicted octanol–water partition coefficient (Wildman–Crippen LogP) is 4.18. The molecule has 6 heteroatoms. The van der Waals surface area contributed by atoms with Crippen molar-refractivity contribution in [2.24, 2.45) is 7.05 Å². The van der Waals surface area contributed by atoms with Crippen LogP contribution in [0.15, 0.2) is 54.7 Å². The molecule has 0 amide bonds. The van der Waals surface area contributed by atoms with Crippen molar-refractivity contribution in [2.45, 2.75) is 25.4 Å². The molecule has 30 heavy (non-hydrogen) atoms. The average Bonchev–Trinajstić information content (AvgIpc) is 3.14. The van der Waals surface area contributed by atoms with Crippen LogP contribution in [0.4, 0.5) is 5.69 Å². The Balaban J connectivity index is 1.44. The zero-order valence-corrected chi connectivity index (χ0v) is 18.0. The van der Waals surface area contributed by atoms with Crippen LogP contribution in [-0.2, 0) is 13.6 Å². The van der Waals surface area contributed by atoms with Crippen LogP contribution in [0.5, 0.6) is 11.5 Å². The number of nitrogens with one attached hydrogen (secondary N) is 1. The Morgan fingerprint density at radius 3 is 2.63 bits per heavy atom. The van der Waals surface area contributed by atoms with Gasteiger partial charge in [-0.2, -0.15) is 5.10 Å². The van der Waals surface area contributed by atoms with E-state index in [1.807, 2.05) is 29.9 Å². The Labute approximate surface area is 178 Å². The summed E-state index contributed by atoms with van der Waals surface area (Å²) >= 11 is 0. The number of ether oxygens (including phenoxy) is 2. The number of nitrogens with zero attached hydrogens (tertiary/aromatic N) is 3. The first-order chi connectivity index (χ1) is 14.7. The highest BCUT2D eigenvalue weighted by Gasteiger charge is 2.22. The van der Waals surface area contributed by atoms with Crippen LogP contribution in [0, 0.1) is 0 Å². The molecule has 1 aliphatic rings. The van der Waals surface area contributed by atoms with E-state index >= 15 is 0 Å². The fourth-order valence-electron chi connectivity index (χ4n) is 4.21. The summed E-state index contributed by atoms with van der Waals surface area (Å²) in [7, 11) is 5.32. The second kappa shape index (κ2) is 9.22. The summed E-state index contributed by atoms with van der Waals surface area (Å²) in [5.74, 6) is 1.50. The Morgan fingerprint density at radius 2 is 1.87 bits per heavy atom. The second-order valence-electron chi connectivity index (χ2n) is 7.83. The van der Waals surface area contributed by atoms with Crippen LogP contribution in [0.2, 0.25) is 0 Å². The molecule has 0 spiro atoms. The summed E-state index contributed by atoms with van der Waals surface area (Å²) in [5, 5.41) is 8.39. The number of hydrogen-bond donors (Lipinski definition) is 1. The van der Waals surface area contributed by atoms with E-state index in [0.29, 0.717) is 6.04 Å². The molecule has 1 aromatic heterocycles. The molecule has 3 aromatic rings. The zero-order chi connectivity index (χ0) is 20.9. The number of rotatable bonds is 7. The van der Waals surface area contributed by atoms with Gasteiger partial charge in [0.15, 0.2) is 11.5 Å². The van der Waals surface area contributed by atoms with Gasteiger partial charge in [0, 0.05) is 55.3 Å². The summed E-state index contributed by atoms with van der Waals surface area (Å²) in [6.07, 6.45) is 4.48. The van der Waals surface area contributed by atoms with E-state index in [1.165, 1.54) is 17.5 Å². The number of aryl methyl sites for hydroxylation is 1. The van der Waals surface area contributed by atoms with Crippen molar-refractivity contribution in [3.63, 3.8) is 0 Å². The number of methoxy groups -OCH3 is 2. The van der Waals surface area contributed by atoms with E-state index in [9.17, 15) is 0 Å². The van der Waals surface area contributed by atoms with Crippen LogP contribution in [0.1, 0.15) is 18.4 Å². The van der Waals surface area contributed by atoms with Gasteiger partial charge in [-0.3, -0.25) is 9.58 Å². The van der Waals surface area contributed by atoms with Gasteiger partial charge >= 0.3 is 0 Å². The third kappa shape index (κ3) is 4.60. The number of aromatic nitrogens is 2. The normalized spacial score (nSPS) is 17.0. The molecular formula is C24H30N4O2. The fourth-order valence-corrected chi connectivity index (χ4v) is 4.21. The Kier molecular flexibility index (Phi) is 6.23. The van der Waals surface area contributed by atoms with Gasteiger partial charge in [0.25, 0.3) is 0 Å². The molecule has 2 heterocycles. The van der Waals surface area contributed by atoms with Gasteiger partial charge in [-0.15, -0.1) is 0 Å². The summed E-state index contributed by atoms with van der Waals surface area (Å²) in [6.45, 7) is 3.01. The van der Waals surface area contributed by atoms with Crippen molar-refractivity contribution in [3.8, 4) is 22.8 Å². The van der Waals surface area contributed by atoms with E-state index < -0.39 is 0 Å². The number of benzene rings is 2. The van der Waals surface area contributed by atoms with Gasteiger partial charge in [0.2, 0.25) is 0 Å². The lowest BCUT2D eigenvalue weighted by atomic mass is 10.0. The first-order valence-corrected chi connectivity index (χ1v) is 10.4. The van der Waals surface area contributed by atoms with Gasteiger partial charge in [0.05, 0.1) is 19.9 Å². The lowest BCUT2D eigenvalue weighted by molar-refractivity contribution is 0.209. The van der Waals surface area contributed by atoms with Crippen molar-refractivity contribution < 1.29 is 9.47 Å². The summed E-state index contributed by atoms with van der Waals surface area (Å²) < 4.78 is 12.7. The predicted molar refractivity (Wildman–Crippen MR) is 120 cm³/mol. The lowest BCUT2D eigenvalue weighted by Crippen LogP contribution is -2.41. The second-order valence-corrected chi connectivity index (χ2v) is 7.83. The van der Waals surface area contributed by atoms with Crippen molar-refractivity contribution >= 4 is 5.69 Å². The van der Waals surface area contributed by atoms with E-state index in [1.54, 1.807) is 14.2 Å². The first kappa shape index (κ1) is 20.3. The largest absolute Gasteiger partial charge is 0.493 e. The minimum atomic E-state index is 0.397. The third-order valence-electron chi connectivity index (χ3n) is 5.61. The molecular weight excluding hydrogens is 376 g/mol. The van der Waals surface area contributed by atoms with Crippen molar-refractivity contribution in [2.75, 3.05) is 32.6 Å². The van der Waals surface area contributed by atoms with Gasteiger partial charge in [0.1, 0.15) is 0 Å². The highest BCUT2D eigenvalue weighted by Crippen LogP contribution is 2.31. The smallest absolute Gasteiger partial charge is 0.162 e. The molecule has 1 saturated heterocycles. The fraction of sp³-hybridized carbons (Fsp3) is 0.375. The maximum atomic E-state index is 5.44. The molecule has 0 bridgehead atoms. The minimum absolute atomic E-state index is 0.397. The monoisotopic (exact) mass is 406 g/mol. The maximum Gasteiger partial charge on any atom is 0.162 e. The van der Waals surface area contributed by atoms with E-state index in [-0.39, 0.29) is 0 Å². The van der Waals surface area contributed by atoms with Gasteiger partial charge in [-0.25, -0.2) is 0 Å². The van der Waals surface area contributed by atoms with Gasteiger partial charge in [-0.05, 0) is 31.5 Å². The van der Waals surface area contributed by atoms with E-state index in [0.717, 1.165) is 48.9 Å². The maximum absolute atomic E-state index is 5.44. The molecule has 6 nitrogen and oxygen atoms in total. The van der Waals surface area contributed by atoms with Crippen LogP contribution in [-0.4, -0.2) is 48.0 Å². The Morgan fingerprint density at radius 1 is 1.07 bits per heavy atom. The Hall–Kier alpha value is -2.99. The van der Waals surface area contributed by atoms with Crippen molar-refractivity contribution in [1.82, 2.24) is 14.7 Å². The molecule has 158 valence electrons. The van der Waals surface area contributed by atoms with Gasteiger partial charge < -0.3 is 14.8 Å². The average molecular weight is 407 g/mol. The number of hydrogen-bond acceptors (Lipinski definition) is 5. The molecule has 1 atom stereocenters. The molecule has 1 aliphatic heterocycles. The Bertz CT molecular complexity index is 971. The van der Waals surface area contributed by atoms with Crippen LogP contribution in [0.25, 0.3) is 11.3 Å². The molecule has 2 aromatic carbocycles. The summed E-state index contributed by atoms with van der Waals surface area (Å²) in [5.41, 5.74) is 4.58. The quantitative estimate of drug-likeness (QED) is 0.638. The summed E-state index contributed by atoms with van der Waals surface area (Å²) in [4.78, 5) is 2.52. The molecule has 1 fully saturated rings. The third-order valence-corrected chi connectivity index (χ3v) is 5.61. The SMILES string of the molecule is COc1ccc(N[C@@H]2CCCN(Cc3cn(C)nc3-c3ccccc3)C2)cc1OC. The molecule has 4 rings (SSSR count). The molecule has 0 saturated carbocycles. The van der Waals surface area contributed by atoms with Gasteiger partial charge in [-0.1, -0.05) is 30.3 Å². The molecule has 0 radical (unpaired) electrons. The minimum Gasteiger partial charge on any atom is -0.493 e. The van der Waals surface area contributed by atoms with Crippen molar-refractivity contribution in [3.05, 3.63) is 60.3 Å². The number of piperidine rings is 1. The molecule has 1 N–H and O–H groups in total. The van der Waals surface area contributed by atoms with E-state index in [2.05, 4.69) is 46.7 Å². The number of anilines is 1. The van der Waals surface area contributed by atoms with Crippen LogP contribution < -0.4 is 14.8 Å². The first-order valence-electron chi connectivity index (χ1n) is 10.4. The highest BCUT2D eigenvalue weighted by atomic mass is 16.5. The standard InChI is InChI=1S/C24H30N4O2/c1-27-15-19(24(26-27)18-8-5-4-6-9-18)16-28-13-7-10-21(17-28)25-20-11-12-22(29-2)23(14-20)30-3/h4-6,8-9,11-12,14-15,21,25H,7,10,13,16-17H2,1-3H3/t21-/m1/s1. The summed E-state index contributed by atoms with van der Waals surface area (Å²) in [6, 6.07) is 16.8. The zero-order valence-electron chi connectivity index (χ0n) is 18.0. The van der Waals surface area contributed by atoms with Crippen LogP contribution in [0.3, 0.4) is 0 Å². The topological polar surface area (TPSA) is 51.5 Å². The molecule has 0 unspecified atom stereocenters. The van der Waals surface area contributed by atoms with E-state index in [4.69, 9.17) is 14.6 Å². The number of likely N-dealkylation sites (tertiary alicyclic amines) is 1.